The van der Waals surface area contributed by atoms with Crippen LogP contribution in [-0.2, 0) is 6.61 Å². The van der Waals surface area contributed by atoms with E-state index in [4.69, 9.17) is 44.6 Å². The Morgan fingerprint density at radius 1 is 1.00 bits per heavy atom. The monoisotopic (exact) mass is 561 g/mol. The highest BCUT2D eigenvalue weighted by molar-refractivity contribution is 7.80. The van der Waals surface area contributed by atoms with Crippen LogP contribution in [0.15, 0.2) is 89.3 Å². The Morgan fingerprint density at radius 2 is 1.76 bits per heavy atom. The van der Waals surface area contributed by atoms with Crippen molar-refractivity contribution in [1.82, 2.24) is 10.3 Å². The lowest BCUT2D eigenvalue weighted by Crippen LogP contribution is -2.34. The number of rotatable bonds is 6. The summed E-state index contributed by atoms with van der Waals surface area (Å²) in [6, 6.07) is 25.7. The smallest absolute Gasteiger partial charge is 0.257 e. The van der Waals surface area contributed by atoms with E-state index in [-0.39, 0.29) is 11.0 Å². The third-order valence-electron chi connectivity index (χ3n) is 5.73. The van der Waals surface area contributed by atoms with Crippen LogP contribution >= 0.6 is 35.4 Å². The quantitative estimate of drug-likeness (QED) is 0.206. The number of benzene rings is 4. The van der Waals surface area contributed by atoms with Gasteiger partial charge in [0.05, 0.1) is 5.02 Å². The molecule has 0 saturated heterocycles. The van der Waals surface area contributed by atoms with Crippen LogP contribution in [0.25, 0.3) is 22.6 Å². The van der Waals surface area contributed by atoms with Gasteiger partial charge in [-0.3, -0.25) is 10.1 Å². The van der Waals surface area contributed by atoms with Gasteiger partial charge in [-0.05, 0) is 78.8 Å². The van der Waals surface area contributed by atoms with E-state index in [0.29, 0.717) is 56.2 Å². The number of nitrogens with one attached hydrogen (secondary N) is 2. The molecule has 0 unspecified atom stereocenters. The van der Waals surface area contributed by atoms with E-state index >= 15 is 0 Å². The molecule has 2 N–H and O–H groups in total. The number of halogens is 2. The Labute approximate surface area is 234 Å². The number of aromatic nitrogens is 1. The highest BCUT2D eigenvalue weighted by Crippen LogP contribution is 2.33. The molecule has 0 saturated carbocycles. The minimum absolute atomic E-state index is 0.159. The van der Waals surface area contributed by atoms with Gasteiger partial charge >= 0.3 is 0 Å². The molecule has 190 valence electrons. The second kappa shape index (κ2) is 11.2. The number of hydrogen-bond donors (Lipinski definition) is 2. The molecule has 6 nitrogen and oxygen atoms in total. The van der Waals surface area contributed by atoms with E-state index < -0.39 is 0 Å². The summed E-state index contributed by atoms with van der Waals surface area (Å²) in [4.78, 5) is 17.2. The number of ether oxygens (including phenoxy) is 1. The molecule has 1 amide bonds. The van der Waals surface area contributed by atoms with Gasteiger partial charge in [-0.15, -0.1) is 0 Å². The van der Waals surface area contributed by atoms with Gasteiger partial charge in [0.2, 0.25) is 5.89 Å². The normalized spacial score (nSPS) is 10.8. The first-order chi connectivity index (χ1) is 18.4. The van der Waals surface area contributed by atoms with Crippen molar-refractivity contribution in [2.45, 2.75) is 13.5 Å². The Morgan fingerprint density at radius 3 is 2.53 bits per heavy atom. The fourth-order valence-electron chi connectivity index (χ4n) is 3.75. The molecule has 5 rings (SSSR count). The standard InChI is InChI=1S/C29H21Cl2N3O3S/c1-17-7-8-20(28-32-25-15-21(30)14-23(31)26(25)37-28)13-24(17)33-29(38)34-27(35)19-9-11-22(12-10-19)36-16-18-5-3-2-4-6-18/h2-15H,16H2,1H3,(H2,33,34,35,38). The molecule has 1 aromatic heterocycles. The summed E-state index contributed by atoms with van der Waals surface area (Å²) in [5.41, 5.74) is 4.86. The third kappa shape index (κ3) is 5.97. The zero-order chi connectivity index (χ0) is 26.6. The first-order valence-electron chi connectivity index (χ1n) is 11.6. The molecular formula is C29H21Cl2N3O3S. The number of oxazole rings is 1. The van der Waals surface area contributed by atoms with Crippen LogP contribution in [0.1, 0.15) is 21.5 Å². The summed E-state index contributed by atoms with van der Waals surface area (Å²) >= 11 is 17.7. The number of amides is 1. The number of nitrogens with zero attached hydrogens (tertiary/aromatic N) is 1. The van der Waals surface area contributed by atoms with Crippen LogP contribution in [-0.4, -0.2) is 16.0 Å². The van der Waals surface area contributed by atoms with Gasteiger partial charge in [-0.1, -0.05) is 59.6 Å². The van der Waals surface area contributed by atoms with E-state index in [1.54, 1.807) is 36.4 Å². The molecule has 0 spiro atoms. The lowest BCUT2D eigenvalue weighted by Gasteiger charge is -2.13. The predicted octanol–water partition coefficient (Wildman–Crippen LogP) is 7.82. The molecule has 0 fully saturated rings. The summed E-state index contributed by atoms with van der Waals surface area (Å²) in [6.07, 6.45) is 0. The molecule has 0 bridgehead atoms. The van der Waals surface area contributed by atoms with Crippen molar-refractivity contribution in [1.29, 1.82) is 0 Å². The van der Waals surface area contributed by atoms with Crippen molar-refractivity contribution in [3.05, 3.63) is 112 Å². The minimum atomic E-state index is -0.337. The molecule has 0 aliphatic carbocycles. The predicted molar refractivity (Wildman–Crippen MR) is 155 cm³/mol. The van der Waals surface area contributed by atoms with Crippen molar-refractivity contribution in [3.63, 3.8) is 0 Å². The fourth-order valence-corrected chi connectivity index (χ4v) is 4.47. The number of anilines is 1. The zero-order valence-corrected chi connectivity index (χ0v) is 22.5. The molecule has 0 aliphatic heterocycles. The number of aryl methyl sites for hydroxylation is 1. The van der Waals surface area contributed by atoms with Crippen molar-refractivity contribution in [3.8, 4) is 17.2 Å². The van der Waals surface area contributed by atoms with Crippen LogP contribution in [0, 0.1) is 6.92 Å². The van der Waals surface area contributed by atoms with Crippen molar-refractivity contribution >= 4 is 63.2 Å². The maximum absolute atomic E-state index is 12.7. The summed E-state index contributed by atoms with van der Waals surface area (Å²) in [6.45, 7) is 2.37. The minimum Gasteiger partial charge on any atom is -0.489 e. The number of carbonyl (C=O) groups is 1. The molecule has 5 aromatic rings. The van der Waals surface area contributed by atoms with Crippen LogP contribution < -0.4 is 15.4 Å². The summed E-state index contributed by atoms with van der Waals surface area (Å²) in [5, 5.41) is 6.82. The Kier molecular flexibility index (Phi) is 7.60. The van der Waals surface area contributed by atoms with Crippen molar-refractivity contribution in [2.75, 3.05) is 5.32 Å². The maximum Gasteiger partial charge on any atom is 0.257 e. The Balaban J connectivity index is 1.23. The molecule has 0 radical (unpaired) electrons. The SMILES string of the molecule is Cc1ccc(-c2nc3cc(Cl)cc(Cl)c3o2)cc1NC(=S)NC(=O)c1ccc(OCc2ccccc2)cc1. The highest BCUT2D eigenvalue weighted by atomic mass is 35.5. The van der Waals surface area contributed by atoms with Crippen LogP contribution in [0.2, 0.25) is 10.0 Å². The van der Waals surface area contributed by atoms with Gasteiger partial charge in [0.1, 0.15) is 17.9 Å². The molecule has 9 heteroatoms. The number of fused-ring (bicyclic) bond motifs is 1. The van der Waals surface area contributed by atoms with Crippen LogP contribution in [0.5, 0.6) is 5.75 Å². The Hall–Kier alpha value is -3.91. The van der Waals surface area contributed by atoms with Crippen LogP contribution in [0.3, 0.4) is 0 Å². The molecule has 0 aliphatic rings. The van der Waals surface area contributed by atoms with E-state index in [0.717, 1.165) is 11.1 Å². The van der Waals surface area contributed by atoms with Crippen LogP contribution in [0.4, 0.5) is 5.69 Å². The largest absolute Gasteiger partial charge is 0.489 e. The number of thiocarbonyl (C=S) groups is 1. The second-order valence-corrected chi connectivity index (χ2v) is 9.74. The molecular weight excluding hydrogens is 541 g/mol. The molecule has 38 heavy (non-hydrogen) atoms. The second-order valence-electron chi connectivity index (χ2n) is 8.49. The topological polar surface area (TPSA) is 76.4 Å². The lowest BCUT2D eigenvalue weighted by molar-refractivity contribution is 0.0977. The first-order valence-corrected chi connectivity index (χ1v) is 12.8. The molecule has 4 aromatic carbocycles. The average molecular weight is 562 g/mol. The van der Waals surface area contributed by atoms with Gasteiger partial charge < -0.3 is 14.5 Å². The van der Waals surface area contributed by atoms with E-state index in [2.05, 4.69) is 15.6 Å². The number of hydrogen-bond acceptors (Lipinski definition) is 5. The molecule has 1 heterocycles. The van der Waals surface area contributed by atoms with Gasteiger partial charge in [0.15, 0.2) is 10.7 Å². The third-order valence-corrected chi connectivity index (χ3v) is 6.44. The maximum atomic E-state index is 12.7. The van der Waals surface area contributed by atoms with Gasteiger partial charge in [-0.2, -0.15) is 0 Å². The zero-order valence-electron chi connectivity index (χ0n) is 20.1. The summed E-state index contributed by atoms with van der Waals surface area (Å²) < 4.78 is 11.7. The van der Waals surface area contributed by atoms with Gasteiger partial charge in [-0.25, -0.2) is 4.98 Å². The number of carbonyl (C=O) groups excluding carboxylic acids is 1. The highest BCUT2D eigenvalue weighted by Gasteiger charge is 2.15. The first kappa shape index (κ1) is 25.7. The average Bonchev–Trinajstić information content (AvgIpc) is 3.34. The van der Waals surface area contributed by atoms with Gasteiger partial charge in [0, 0.05) is 21.8 Å². The van der Waals surface area contributed by atoms with E-state index in [1.807, 2.05) is 55.5 Å². The van der Waals surface area contributed by atoms with E-state index in [1.165, 1.54) is 0 Å². The summed E-state index contributed by atoms with van der Waals surface area (Å²) in [5.74, 6) is 0.717. The Bertz CT molecular complexity index is 1640. The van der Waals surface area contributed by atoms with Crippen molar-refractivity contribution < 1.29 is 13.9 Å². The summed E-state index contributed by atoms with van der Waals surface area (Å²) in [7, 11) is 0. The molecule has 0 atom stereocenters. The fraction of sp³-hybridized carbons (Fsp3) is 0.0690. The lowest BCUT2D eigenvalue weighted by atomic mass is 10.1. The van der Waals surface area contributed by atoms with E-state index in [9.17, 15) is 4.79 Å². The van der Waals surface area contributed by atoms with Gasteiger partial charge in [0.25, 0.3) is 5.91 Å². The van der Waals surface area contributed by atoms with Crippen molar-refractivity contribution in [2.24, 2.45) is 0 Å².